The topological polar surface area (TPSA) is 7.12 Å². The molecule has 3 aromatic carbocycles. The van der Waals surface area contributed by atoms with E-state index < -0.39 is 0 Å². The number of aromatic nitrogens is 1. The number of fused-ring (bicyclic) bond motifs is 3. The van der Waals surface area contributed by atoms with Gasteiger partial charge in [-0.2, -0.15) is 4.57 Å². The molecule has 0 fully saturated rings. The summed E-state index contributed by atoms with van der Waals surface area (Å²) in [6.07, 6.45) is 4.45. The lowest BCUT2D eigenvalue weighted by Crippen LogP contribution is -2.33. The highest BCUT2D eigenvalue weighted by atomic mass is 32.1. The summed E-state index contributed by atoms with van der Waals surface area (Å²) in [6.45, 7) is 3.18. The molecule has 130 valence electrons. The number of nitrogens with zero attached hydrogens (tertiary/aromatic N) is 2. The van der Waals surface area contributed by atoms with Crippen molar-refractivity contribution < 1.29 is 4.57 Å². The van der Waals surface area contributed by atoms with Crippen LogP contribution in [0.5, 0.6) is 0 Å². The highest BCUT2D eigenvalue weighted by molar-refractivity contribution is 7.19. The van der Waals surface area contributed by atoms with Crippen molar-refractivity contribution in [3.63, 3.8) is 0 Å². The van der Waals surface area contributed by atoms with Gasteiger partial charge >= 0.3 is 0 Å². The molecule has 1 heterocycles. The van der Waals surface area contributed by atoms with Crippen LogP contribution < -0.4 is 9.47 Å². The lowest BCUT2D eigenvalue weighted by Gasteiger charge is -2.11. The van der Waals surface area contributed by atoms with Crippen molar-refractivity contribution in [2.24, 2.45) is 0 Å². The van der Waals surface area contributed by atoms with Crippen LogP contribution in [-0.4, -0.2) is 14.1 Å². The first-order chi connectivity index (χ1) is 12.7. The zero-order chi connectivity index (χ0) is 18.1. The molecule has 0 saturated carbocycles. The second-order valence-electron chi connectivity index (χ2n) is 6.64. The van der Waals surface area contributed by atoms with E-state index in [4.69, 9.17) is 0 Å². The third-order valence-corrected chi connectivity index (χ3v) is 5.87. The van der Waals surface area contributed by atoms with E-state index in [0.29, 0.717) is 0 Å². The van der Waals surface area contributed by atoms with Gasteiger partial charge in [0.05, 0.1) is 5.39 Å². The summed E-state index contributed by atoms with van der Waals surface area (Å²) in [7, 11) is 4.13. The van der Waals surface area contributed by atoms with Crippen molar-refractivity contribution in [1.82, 2.24) is 0 Å². The first-order valence-corrected chi connectivity index (χ1v) is 9.78. The fourth-order valence-corrected chi connectivity index (χ4v) is 4.51. The minimum Gasteiger partial charge on any atom is -0.378 e. The number of benzene rings is 3. The molecule has 0 unspecified atom stereocenters. The lowest BCUT2D eigenvalue weighted by molar-refractivity contribution is -0.664. The molecule has 0 aliphatic carbocycles. The highest BCUT2D eigenvalue weighted by Gasteiger charge is 2.19. The molecule has 0 atom stereocenters. The smallest absolute Gasteiger partial charge is 0.262 e. The Morgan fingerprint density at radius 3 is 2.42 bits per heavy atom. The van der Waals surface area contributed by atoms with Gasteiger partial charge in [-0.15, -0.1) is 0 Å². The van der Waals surface area contributed by atoms with Crippen LogP contribution in [0.4, 0.5) is 5.69 Å². The van der Waals surface area contributed by atoms with E-state index in [1.165, 1.54) is 37.2 Å². The van der Waals surface area contributed by atoms with Gasteiger partial charge in [-0.1, -0.05) is 47.7 Å². The van der Waals surface area contributed by atoms with Crippen molar-refractivity contribution in [3.05, 3.63) is 71.2 Å². The summed E-state index contributed by atoms with van der Waals surface area (Å²) in [5.41, 5.74) is 3.79. The van der Waals surface area contributed by atoms with E-state index in [1.54, 1.807) is 0 Å². The Labute approximate surface area is 158 Å². The predicted molar refractivity (Wildman–Crippen MR) is 115 cm³/mol. The number of aryl methyl sites for hydroxylation is 1. The third kappa shape index (κ3) is 2.99. The van der Waals surface area contributed by atoms with E-state index in [9.17, 15) is 0 Å². The van der Waals surface area contributed by atoms with Crippen LogP contribution in [-0.2, 0) is 6.54 Å². The standard InChI is InChI=1S/C23H23N2S/c1-4-25-22(16-11-17-9-13-19(14-10-17)24(2)3)26-21-15-12-18-7-5-6-8-20(18)23(21)25/h5-16H,4H2,1-3H3/q+1. The van der Waals surface area contributed by atoms with Gasteiger partial charge in [0.2, 0.25) is 5.52 Å². The second-order valence-corrected chi connectivity index (χ2v) is 7.70. The minimum atomic E-state index is 0.966. The number of hydrogen-bond acceptors (Lipinski definition) is 2. The molecular weight excluding hydrogens is 336 g/mol. The molecule has 4 rings (SSSR count). The van der Waals surface area contributed by atoms with E-state index >= 15 is 0 Å². The average molecular weight is 360 g/mol. The zero-order valence-corrected chi connectivity index (χ0v) is 16.3. The van der Waals surface area contributed by atoms with Gasteiger partial charge in [-0.3, -0.25) is 0 Å². The molecule has 0 radical (unpaired) electrons. The zero-order valence-electron chi connectivity index (χ0n) is 15.4. The van der Waals surface area contributed by atoms with Crippen molar-refractivity contribution in [2.75, 3.05) is 19.0 Å². The van der Waals surface area contributed by atoms with Gasteiger partial charge < -0.3 is 4.90 Å². The Bertz CT molecular complexity index is 1090. The van der Waals surface area contributed by atoms with Gasteiger partial charge in [-0.25, -0.2) is 0 Å². The fourth-order valence-electron chi connectivity index (χ4n) is 3.36. The minimum absolute atomic E-state index is 0.966. The number of thiazole rings is 1. The lowest BCUT2D eigenvalue weighted by atomic mass is 10.1. The van der Waals surface area contributed by atoms with Crippen molar-refractivity contribution in [3.8, 4) is 0 Å². The molecule has 3 heteroatoms. The van der Waals surface area contributed by atoms with Crippen LogP contribution in [0.25, 0.3) is 33.1 Å². The van der Waals surface area contributed by atoms with Gasteiger partial charge in [0.1, 0.15) is 11.2 Å². The number of anilines is 1. The summed E-state index contributed by atoms with van der Waals surface area (Å²) in [5, 5.41) is 3.92. The average Bonchev–Trinajstić information content (AvgIpc) is 3.04. The van der Waals surface area contributed by atoms with Crippen LogP contribution in [0.1, 0.15) is 17.5 Å². The molecule has 0 N–H and O–H groups in total. The highest BCUT2D eigenvalue weighted by Crippen LogP contribution is 2.29. The molecule has 0 amide bonds. The summed E-state index contributed by atoms with van der Waals surface area (Å²) >= 11 is 1.86. The Morgan fingerprint density at radius 2 is 1.69 bits per heavy atom. The maximum absolute atomic E-state index is 2.42. The Morgan fingerprint density at radius 1 is 0.923 bits per heavy atom. The van der Waals surface area contributed by atoms with E-state index in [2.05, 4.69) is 103 Å². The van der Waals surface area contributed by atoms with Crippen LogP contribution >= 0.6 is 11.3 Å². The van der Waals surface area contributed by atoms with Gasteiger partial charge in [0, 0.05) is 25.9 Å². The Balaban J connectivity index is 1.77. The Hall–Kier alpha value is -2.65. The molecule has 0 spiro atoms. The molecule has 0 aliphatic heterocycles. The summed E-state index contributed by atoms with van der Waals surface area (Å²) < 4.78 is 3.76. The summed E-state index contributed by atoms with van der Waals surface area (Å²) in [4.78, 5) is 2.12. The monoisotopic (exact) mass is 359 g/mol. The molecule has 2 nitrogen and oxygen atoms in total. The SMILES string of the molecule is CC[n+]1c(C=Cc2ccc(N(C)C)cc2)sc2ccc3ccccc3c21. The quantitative estimate of drug-likeness (QED) is 0.430. The molecule has 1 aromatic heterocycles. The molecule has 0 bridgehead atoms. The fraction of sp³-hybridized carbons (Fsp3) is 0.174. The predicted octanol–water partition coefficient (Wildman–Crippen LogP) is 5.60. The van der Waals surface area contributed by atoms with Crippen molar-refractivity contribution in [1.29, 1.82) is 0 Å². The van der Waals surface area contributed by atoms with Crippen molar-refractivity contribution in [2.45, 2.75) is 13.5 Å². The number of rotatable bonds is 4. The Kier molecular flexibility index (Phi) is 4.48. The van der Waals surface area contributed by atoms with E-state index in [1.807, 2.05) is 11.3 Å². The van der Waals surface area contributed by atoms with Crippen molar-refractivity contribution >= 4 is 50.2 Å². The molecule has 4 aromatic rings. The van der Waals surface area contributed by atoms with Crippen LogP contribution in [0.15, 0.2) is 60.7 Å². The second kappa shape index (κ2) is 6.93. The maximum atomic E-state index is 2.42. The molecule has 26 heavy (non-hydrogen) atoms. The van der Waals surface area contributed by atoms with E-state index in [0.717, 1.165) is 6.54 Å². The van der Waals surface area contributed by atoms with Crippen LogP contribution in [0, 0.1) is 0 Å². The molecular formula is C23H23N2S+. The number of hydrogen-bond donors (Lipinski definition) is 0. The van der Waals surface area contributed by atoms with Crippen LogP contribution in [0.2, 0.25) is 0 Å². The van der Waals surface area contributed by atoms with Crippen LogP contribution in [0.3, 0.4) is 0 Å². The normalized spacial score (nSPS) is 11.7. The first-order valence-electron chi connectivity index (χ1n) is 8.97. The van der Waals surface area contributed by atoms with E-state index in [-0.39, 0.29) is 0 Å². The molecule has 0 saturated heterocycles. The van der Waals surface area contributed by atoms with Gasteiger partial charge in [-0.05, 0) is 48.2 Å². The van der Waals surface area contributed by atoms with Gasteiger partial charge in [0.25, 0.3) is 5.01 Å². The summed E-state index contributed by atoms with van der Waals surface area (Å²) in [5.74, 6) is 0. The molecule has 0 aliphatic rings. The third-order valence-electron chi connectivity index (χ3n) is 4.76. The summed E-state index contributed by atoms with van der Waals surface area (Å²) in [6, 6.07) is 21.8. The first kappa shape index (κ1) is 16.8. The van der Waals surface area contributed by atoms with Gasteiger partial charge in [0.15, 0.2) is 0 Å². The largest absolute Gasteiger partial charge is 0.378 e. The maximum Gasteiger partial charge on any atom is 0.262 e.